The molecule has 2 rings (SSSR count). The van der Waals surface area contributed by atoms with Crippen LogP contribution in [-0.2, 0) is 0 Å². The third-order valence-electron chi connectivity index (χ3n) is 1.57. The molecule has 0 saturated heterocycles. The number of nitrogens with zero attached hydrogens (tertiary/aromatic N) is 1. The van der Waals surface area contributed by atoms with E-state index in [1.165, 1.54) is 18.3 Å². The van der Waals surface area contributed by atoms with Gasteiger partial charge in [0.15, 0.2) is 0 Å². The molecular weight excluding hydrogens is 159 g/mol. The Morgan fingerprint density at radius 3 is 3.08 bits per heavy atom. The highest BCUT2D eigenvalue weighted by atomic mass is 19.1. The molecule has 0 radical (unpaired) electrons. The number of aromatic nitrogens is 2. The Hall–Kier alpha value is -1.71. The summed E-state index contributed by atoms with van der Waals surface area (Å²) in [6.07, 6.45) is 1.38. The Labute approximate surface area is 66.9 Å². The first-order valence-electron chi connectivity index (χ1n) is 3.40. The van der Waals surface area contributed by atoms with Crippen molar-refractivity contribution in [2.24, 2.45) is 0 Å². The van der Waals surface area contributed by atoms with Crippen LogP contribution in [0.1, 0.15) is 0 Å². The van der Waals surface area contributed by atoms with Gasteiger partial charge in [0.25, 0.3) is 0 Å². The maximum atomic E-state index is 12.5. The molecule has 0 unspecified atom stereocenters. The predicted molar refractivity (Wildman–Crippen MR) is 42.3 cm³/mol. The highest BCUT2D eigenvalue weighted by Gasteiger charge is 1.96. The van der Waals surface area contributed by atoms with Gasteiger partial charge in [0.1, 0.15) is 0 Å². The third-order valence-corrected chi connectivity index (χ3v) is 1.57. The van der Waals surface area contributed by atoms with Crippen LogP contribution in [0.4, 0.5) is 4.39 Å². The molecule has 2 aromatic rings. The van der Waals surface area contributed by atoms with E-state index >= 15 is 0 Å². The Morgan fingerprint density at radius 1 is 1.42 bits per heavy atom. The SMILES string of the molecule is O=c1ccc2cnc(F)cc2[nH]1. The highest BCUT2D eigenvalue weighted by molar-refractivity contribution is 5.76. The van der Waals surface area contributed by atoms with Crippen molar-refractivity contribution in [2.75, 3.05) is 0 Å². The average Bonchev–Trinajstić information content (AvgIpc) is 2.03. The summed E-state index contributed by atoms with van der Waals surface area (Å²) in [7, 11) is 0. The number of H-pyrrole nitrogens is 1. The van der Waals surface area contributed by atoms with Crippen molar-refractivity contribution in [3.8, 4) is 0 Å². The van der Waals surface area contributed by atoms with Crippen molar-refractivity contribution in [1.82, 2.24) is 9.97 Å². The summed E-state index contributed by atoms with van der Waals surface area (Å²) >= 11 is 0. The molecule has 0 saturated carbocycles. The van der Waals surface area contributed by atoms with Gasteiger partial charge >= 0.3 is 0 Å². The average molecular weight is 164 g/mol. The molecule has 3 nitrogen and oxygen atoms in total. The molecule has 0 atom stereocenters. The summed E-state index contributed by atoms with van der Waals surface area (Å²) in [5.41, 5.74) is 0.225. The van der Waals surface area contributed by atoms with E-state index < -0.39 is 5.95 Å². The summed E-state index contributed by atoms with van der Waals surface area (Å²) in [5.74, 6) is -0.593. The summed E-state index contributed by atoms with van der Waals surface area (Å²) in [6.45, 7) is 0. The molecule has 0 aromatic carbocycles. The smallest absolute Gasteiger partial charge is 0.248 e. The normalized spacial score (nSPS) is 10.4. The minimum absolute atomic E-state index is 0.242. The van der Waals surface area contributed by atoms with E-state index in [9.17, 15) is 9.18 Å². The third kappa shape index (κ3) is 1.07. The molecule has 2 aromatic heterocycles. The maximum Gasteiger partial charge on any atom is 0.248 e. The molecular formula is C8H5FN2O. The molecule has 0 bridgehead atoms. The number of hydrogen-bond donors (Lipinski definition) is 1. The van der Waals surface area contributed by atoms with Gasteiger partial charge in [0.05, 0.1) is 5.52 Å². The van der Waals surface area contributed by atoms with Crippen LogP contribution in [0.3, 0.4) is 0 Å². The molecule has 60 valence electrons. The fraction of sp³-hybridized carbons (Fsp3) is 0. The number of aromatic amines is 1. The molecule has 12 heavy (non-hydrogen) atoms. The number of fused-ring (bicyclic) bond motifs is 1. The first-order valence-corrected chi connectivity index (χ1v) is 3.40. The summed E-state index contributed by atoms with van der Waals surface area (Å²) in [6, 6.07) is 4.17. The molecule has 2 heterocycles. The van der Waals surface area contributed by atoms with E-state index in [1.807, 2.05) is 0 Å². The molecule has 0 spiro atoms. The number of hydrogen-bond acceptors (Lipinski definition) is 2. The first-order chi connectivity index (χ1) is 5.75. The van der Waals surface area contributed by atoms with Gasteiger partial charge in [-0.15, -0.1) is 0 Å². The quantitative estimate of drug-likeness (QED) is 0.592. The van der Waals surface area contributed by atoms with Gasteiger partial charge in [-0.05, 0) is 6.07 Å². The summed E-state index contributed by atoms with van der Waals surface area (Å²) in [5, 5.41) is 0.719. The van der Waals surface area contributed by atoms with Crippen LogP contribution < -0.4 is 5.56 Å². The lowest BCUT2D eigenvalue weighted by molar-refractivity contribution is 0.586. The molecule has 0 fully saturated rings. The lowest BCUT2D eigenvalue weighted by Gasteiger charge is -1.94. The Morgan fingerprint density at radius 2 is 2.25 bits per heavy atom. The van der Waals surface area contributed by atoms with Gasteiger partial charge in [-0.2, -0.15) is 4.39 Å². The predicted octanol–water partition coefficient (Wildman–Crippen LogP) is 1.06. The van der Waals surface area contributed by atoms with Crippen LogP contribution in [0.25, 0.3) is 10.9 Å². The number of halogens is 1. The van der Waals surface area contributed by atoms with Crippen molar-refractivity contribution in [2.45, 2.75) is 0 Å². The van der Waals surface area contributed by atoms with Crippen molar-refractivity contribution >= 4 is 10.9 Å². The largest absolute Gasteiger partial charge is 0.322 e. The second-order valence-electron chi connectivity index (χ2n) is 2.42. The lowest BCUT2D eigenvalue weighted by Crippen LogP contribution is -2.02. The zero-order chi connectivity index (χ0) is 8.55. The maximum absolute atomic E-state index is 12.5. The zero-order valence-corrected chi connectivity index (χ0v) is 6.04. The van der Waals surface area contributed by atoms with Gasteiger partial charge in [0.2, 0.25) is 11.5 Å². The molecule has 0 amide bonds. The minimum atomic E-state index is -0.593. The van der Waals surface area contributed by atoms with Crippen molar-refractivity contribution < 1.29 is 4.39 Å². The second kappa shape index (κ2) is 2.41. The molecule has 1 N–H and O–H groups in total. The van der Waals surface area contributed by atoms with E-state index in [-0.39, 0.29) is 5.56 Å². The van der Waals surface area contributed by atoms with E-state index in [2.05, 4.69) is 9.97 Å². The summed E-state index contributed by atoms with van der Waals surface area (Å²) in [4.78, 5) is 16.7. The second-order valence-corrected chi connectivity index (χ2v) is 2.42. The molecule has 0 aliphatic carbocycles. The highest BCUT2D eigenvalue weighted by Crippen LogP contribution is 2.07. The Bertz CT molecular complexity index is 478. The van der Waals surface area contributed by atoms with E-state index in [0.29, 0.717) is 5.52 Å². The van der Waals surface area contributed by atoms with Crippen molar-refractivity contribution in [1.29, 1.82) is 0 Å². The van der Waals surface area contributed by atoms with Gasteiger partial charge < -0.3 is 4.98 Å². The number of rotatable bonds is 0. The lowest BCUT2D eigenvalue weighted by atomic mass is 10.3. The fourth-order valence-corrected chi connectivity index (χ4v) is 1.02. The van der Waals surface area contributed by atoms with Crippen molar-refractivity contribution in [3.63, 3.8) is 0 Å². The fourth-order valence-electron chi connectivity index (χ4n) is 1.02. The number of pyridine rings is 2. The summed E-state index contributed by atoms with van der Waals surface area (Å²) < 4.78 is 12.5. The molecule has 0 aliphatic heterocycles. The molecule has 0 aliphatic rings. The first kappa shape index (κ1) is 6.97. The van der Waals surface area contributed by atoms with E-state index in [4.69, 9.17) is 0 Å². The van der Waals surface area contributed by atoms with Crippen LogP contribution in [0.15, 0.2) is 29.2 Å². The number of nitrogens with one attached hydrogen (secondary N) is 1. The van der Waals surface area contributed by atoms with Crippen LogP contribution in [-0.4, -0.2) is 9.97 Å². The van der Waals surface area contributed by atoms with Gasteiger partial charge in [-0.3, -0.25) is 4.79 Å². The zero-order valence-electron chi connectivity index (χ0n) is 6.04. The van der Waals surface area contributed by atoms with Crippen LogP contribution in [0.5, 0.6) is 0 Å². The van der Waals surface area contributed by atoms with E-state index in [1.54, 1.807) is 6.07 Å². The minimum Gasteiger partial charge on any atom is -0.322 e. The Balaban J connectivity index is 2.89. The van der Waals surface area contributed by atoms with E-state index in [0.717, 1.165) is 5.39 Å². The monoisotopic (exact) mass is 164 g/mol. The van der Waals surface area contributed by atoms with Crippen LogP contribution in [0.2, 0.25) is 0 Å². The topological polar surface area (TPSA) is 45.8 Å². The molecule has 4 heteroatoms. The van der Waals surface area contributed by atoms with Gasteiger partial charge in [-0.1, -0.05) is 0 Å². The van der Waals surface area contributed by atoms with Crippen LogP contribution in [0, 0.1) is 5.95 Å². The Kier molecular flexibility index (Phi) is 1.40. The standard InChI is InChI=1S/C8H5FN2O/c9-7-3-6-5(4-10-7)1-2-8(12)11-6/h1-4H,(H,11,12). The van der Waals surface area contributed by atoms with Gasteiger partial charge in [-0.25, -0.2) is 4.98 Å². The van der Waals surface area contributed by atoms with Crippen LogP contribution >= 0.6 is 0 Å². The van der Waals surface area contributed by atoms with Gasteiger partial charge in [0, 0.05) is 23.7 Å². The van der Waals surface area contributed by atoms with Crippen molar-refractivity contribution in [3.05, 3.63) is 40.7 Å².